The molecule has 1 N–H and O–H groups in total. The maximum Gasteiger partial charge on any atom is 0.416 e. The van der Waals surface area contributed by atoms with Gasteiger partial charge in [-0.25, -0.2) is 0 Å². The molecule has 0 fully saturated rings. The number of hydrogen-bond donors (Lipinski definition) is 1. The number of alkyl halides is 3. The third-order valence-corrected chi connectivity index (χ3v) is 3.29. The fourth-order valence-electron chi connectivity index (χ4n) is 1.99. The molecule has 0 radical (unpaired) electrons. The first-order chi connectivity index (χ1) is 10.4. The van der Waals surface area contributed by atoms with Crippen LogP contribution in [-0.4, -0.2) is 12.5 Å². The zero-order chi connectivity index (χ0) is 16.2. The number of carbonyl (C=O) groups excluding carboxylic acids is 1. The van der Waals surface area contributed by atoms with E-state index in [-0.39, 0.29) is 5.91 Å². The summed E-state index contributed by atoms with van der Waals surface area (Å²) in [5, 5.41) is 2.75. The Kier molecular flexibility index (Phi) is 4.85. The second-order valence-corrected chi connectivity index (χ2v) is 5.07. The summed E-state index contributed by atoms with van der Waals surface area (Å²) in [5.74, 6) is -0.188. The Morgan fingerprint density at radius 1 is 1.00 bits per heavy atom. The van der Waals surface area contributed by atoms with E-state index in [1.54, 1.807) is 12.1 Å². The fraction of sp³-hybridized carbons (Fsp3) is 0.235. The van der Waals surface area contributed by atoms with Crippen molar-refractivity contribution in [2.45, 2.75) is 19.5 Å². The Morgan fingerprint density at radius 3 is 2.14 bits per heavy atom. The topological polar surface area (TPSA) is 29.1 Å². The normalized spacial score (nSPS) is 11.3. The first-order valence-corrected chi connectivity index (χ1v) is 6.87. The fourth-order valence-corrected chi connectivity index (χ4v) is 1.99. The van der Waals surface area contributed by atoms with Crippen LogP contribution in [0.25, 0.3) is 0 Å². The molecule has 5 heteroatoms. The molecule has 2 aromatic carbocycles. The number of hydrogen-bond acceptors (Lipinski definition) is 1. The summed E-state index contributed by atoms with van der Waals surface area (Å²) >= 11 is 0. The van der Waals surface area contributed by atoms with Gasteiger partial charge in [0.1, 0.15) is 0 Å². The van der Waals surface area contributed by atoms with Crippen molar-refractivity contribution in [3.63, 3.8) is 0 Å². The zero-order valence-corrected chi connectivity index (χ0v) is 12.1. The molecule has 116 valence electrons. The van der Waals surface area contributed by atoms with Crippen molar-refractivity contribution < 1.29 is 18.0 Å². The molecule has 0 atom stereocenters. The van der Waals surface area contributed by atoms with Crippen LogP contribution in [0.2, 0.25) is 0 Å². The quantitative estimate of drug-likeness (QED) is 0.909. The van der Waals surface area contributed by atoms with Gasteiger partial charge >= 0.3 is 6.18 Å². The highest BCUT2D eigenvalue weighted by Crippen LogP contribution is 2.29. The molecule has 2 aromatic rings. The minimum absolute atomic E-state index is 0.188. The van der Waals surface area contributed by atoms with E-state index in [1.807, 2.05) is 19.1 Å². The highest BCUT2D eigenvalue weighted by molar-refractivity contribution is 5.94. The maximum absolute atomic E-state index is 12.4. The maximum atomic E-state index is 12.4. The Labute approximate surface area is 127 Å². The van der Waals surface area contributed by atoms with Crippen LogP contribution < -0.4 is 5.32 Å². The SMILES string of the molecule is Cc1ccc(C(=O)NCCc2ccc(C(F)(F)F)cc2)cc1. The van der Waals surface area contributed by atoms with Crippen LogP contribution in [0.3, 0.4) is 0 Å². The van der Waals surface area contributed by atoms with E-state index in [0.29, 0.717) is 18.5 Å². The van der Waals surface area contributed by atoms with Crippen molar-refractivity contribution in [2.75, 3.05) is 6.54 Å². The van der Waals surface area contributed by atoms with Gasteiger partial charge in [-0.2, -0.15) is 13.2 Å². The standard InChI is InChI=1S/C17H16F3NO/c1-12-2-6-14(7-3-12)16(22)21-11-10-13-4-8-15(9-5-13)17(18,19)20/h2-9H,10-11H2,1H3,(H,21,22). The number of halogens is 3. The molecule has 0 aromatic heterocycles. The summed E-state index contributed by atoms with van der Waals surface area (Å²) in [6.45, 7) is 2.31. The summed E-state index contributed by atoms with van der Waals surface area (Å²) in [6, 6.07) is 12.1. The summed E-state index contributed by atoms with van der Waals surface area (Å²) in [6.07, 6.45) is -3.84. The molecule has 1 amide bonds. The number of rotatable bonds is 4. The number of carbonyl (C=O) groups is 1. The van der Waals surface area contributed by atoms with E-state index in [4.69, 9.17) is 0 Å². The zero-order valence-electron chi connectivity index (χ0n) is 12.1. The monoisotopic (exact) mass is 307 g/mol. The van der Waals surface area contributed by atoms with E-state index in [9.17, 15) is 18.0 Å². The third kappa shape index (κ3) is 4.35. The average Bonchev–Trinajstić information content (AvgIpc) is 2.47. The molecule has 0 unspecified atom stereocenters. The predicted octanol–water partition coefficient (Wildman–Crippen LogP) is 3.99. The van der Waals surface area contributed by atoms with Crippen LogP contribution in [0.1, 0.15) is 27.0 Å². The Bertz CT molecular complexity index is 630. The minimum Gasteiger partial charge on any atom is -0.352 e. The molecule has 0 heterocycles. The van der Waals surface area contributed by atoms with Gasteiger partial charge in [-0.05, 0) is 43.2 Å². The predicted molar refractivity (Wildman–Crippen MR) is 78.7 cm³/mol. The van der Waals surface area contributed by atoms with Crippen molar-refractivity contribution >= 4 is 5.91 Å². The van der Waals surface area contributed by atoms with E-state index in [0.717, 1.165) is 23.3 Å². The van der Waals surface area contributed by atoms with E-state index >= 15 is 0 Å². The number of benzene rings is 2. The molecule has 0 aliphatic carbocycles. The molecular formula is C17H16F3NO. The summed E-state index contributed by atoms with van der Waals surface area (Å²) in [7, 11) is 0. The summed E-state index contributed by atoms with van der Waals surface area (Å²) < 4.78 is 37.3. The van der Waals surface area contributed by atoms with E-state index in [1.165, 1.54) is 12.1 Å². The summed E-state index contributed by atoms with van der Waals surface area (Å²) in [5.41, 5.74) is 1.72. The Balaban J connectivity index is 1.86. The van der Waals surface area contributed by atoms with Crippen molar-refractivity contribution in [3.05, 3.63) is 70.8 Å². The molecule has 0 saturated carbocycles. The average molecular weight is 307 g/mol. The Hall–Kier alpha value is -2.30. The van der Waals surface area contributed by atoms with Crippen LogP contribution in [0.5, 0.6) is 0 Å². The van der Waals surface area contributed by atoms with Gasteiger partial charge in [-0.3, -0.25) is 4.79 Å². The molecule has 0 spiro atoms. The second-order valence-electron chi connectivity index (χ2n) is 5.07. The van der Waals surface area contributed by atoms with Gasteiger partial charge in [-0.15, -0.1) is 0 Å². The smallest absolute Gasteiger partial charge is 0.352 e. The number of nitrogens with one attached hydrogen (secondary N) is 1. The van der Waals surface area contributed by atoms with Crippen LogP contribution in [0, 0.1) is 6.92 Å². The van der Waals surface area contributed by atoms with Crippen molar-refractivity contribution in [2.24, 2.45) is 0 Å². The molecule has 0 saturated heterocycles. The Morgan fingerprint density at radius 2 is 1.59 bits per heavy atom. The van der Waals surface area contributed by atoms with Gasteiger partial charge in [0.25, 0.3) is 5.91 Å². The highest BCUT2D eigenvalue weighted by atomic mass is 19.4. The highest BCUT2D eigenvalue weighted by Gasteiger charge is 2.29. The molecule has 2 rings (SSSR count). The van der Waals surface area contributed by atoms with Gasteiger partial charge in [0.05, 0.1) is 5.56 Å². The summed E-state index contributed by atoms with van der Waals surface area (Å²) in [4.78, 5) is 11.9. The molecule has 0 bridgehead atoms. The van der Waals surface area contributed by atoms with Crippen LogP contribution in [-0.2, 0) is 12.6 Å². The third-order valence-electron chi connectivity index (χ3n) is 3.29. The van der Waals surface area contributed by atoms with E-state index < -0.39 is 11.7 Å². The van der Waals surface area contributed by atoms with Crippen LogP contribution >= 0.6 is 0 Å². The second kappa shape index (κ2) is 6.64. The number of amides is 1. The molecular weight excluding hydrogens is 291 g/mol. The van der Waals surface area contributed by atoms with E-state index in [2.05, 4.69) is 5.32 Å². The van der Waals surface area contributed by atoms with Crippen molar-refractivity contribution in [1.29, 1.82) is 0 Å². The molecule has 2 nitrogen and oxygen atoms in total. The van der Waals surface area contributed by atoms with Crippen LogP contribution in [0.4, 0.5) is 13.2 Å². The van der Waals surface area contributed by atoms with Gasteiger partial charge in [0, 0.05) is 12.1 Å². The van der Waals surface area contributed by atoms with Crippen LogP contribution in [0.15, 0.2) is 48.5 Å². The molecule has 22 heavy (non-hydrogen) atoms. The number of aryl methyl sites for hydroxylation is 1. The van der Waals surface area contributed by atoms with Crippen molar-refractivity contribution in [1.82, 2.24) is 5.32 Å². The van der Waals surface area contributed by atoms with Gasteiger partial charge < -0.3 is 5.32 Å². The minimum atomic E-state index is -4.32. The lowest BCUT2D eigenvalue weighted by Gasteiger charge is -2.08. The molecule has 0 aliphatic rings. The van der Waals surface area contributed by atoms with Gasteiger partial charge in [0.15, 0.2) is 0 Å². The lowest BCUT2D eigenvalue weighted by molar-refractivity contribution is -0.137. The first-order valence-electron chi connectivity index (χ1n) is 6.87. The lowest BCUT2D eigenvalue weighted by Crippen LogP contribution is -2.25. The lowest BCUT2D eigenvalue weighted by atomic mass is 10.1. The first kappa shape index (κ1) is 16.1. The molecule has 0 aliphatic heterocycles. The van der Waals surface area contributed by atoms with Gasteiger partial charge in [-0.1, -0.05) is 29.8 Å². The largest absolute Gasteiger partial charge is 0.416 e. The van der Waals surface area contributed by atoms with Crippen molar-refractivity contribution in [3.8, 4) is 0 Å². The van der Waals surface area contributed by atoms with Gasteiger partial charge in [0.2, 0.25) is 0 Å².